The number of hydrogen-bond donors (Lipinski definition) is 0. The van der Waals surface area contributed by atoms with E-state index in [1.165, 1.54) is 4.90 Å². The molecule has 0 fully saturated rings. The van der Waals surface area contributed by atoms with Crippen molar-refractivity contribution in [2.24, 2.45) is 0 Å². The van der Waals surface area contributed by atoms with Crippen LogP contribution in [0.2, 0.25) is 0 Å². The van der Waals surface area contributed by atoms with Crippen LogP contribution in [0.15, 0.2) is 11.8 Å². The third-order valence-electron chi connectivity index (χ3n) is 2.85. The van der Waals surface area contributed by atoms with Gasteiger partial charge in [0.15, 0.2) is 0 Å². The van der Waals surface area contributed by atoms with Gasteiger partial charge < -0.3 is 9.64 Å². The van der Waals surface area contributed by atoms with Gasteiger partial charge in [0, 0.05) is 12.7 Å². The Morgan fingerprint density at radius 3 is 2.55 bits per heavy atom. The van der Waals surface area contributed by atoms with Gasteiger partial charge in [0.2, 0.25) is 0 Å². The van der Waals surface area contributed by atoms with Gasteiger partial charge in [-0.25, -0.2) is 4.79 Å². The molecule has 1 heterocycles. The number of likely N-dealkylation sites (N-methyl/N-ethyl adjacent to an activating group) is 1. The van der Waals surface area contributed by atoms with Gasteiger partial charge in [-0.2, -0.15) is 0 Å². The van der Waals surface area contributed by atoms with Crippen LogP contribution >= 0.6 is 0 Å². The number of amides is 2. The fourth-order valence-electron chi connectivity index (χ4n) is 1.83. The Morgan fingerprint density at radius 2 is 2.05 bits per heavy atom. The van der Waals surface area contributed by atoms with Crippen LogP contribution in [0.25, 0.3) is 0 Å². The maximum absolute atomic E-state index is 12.1. The number of nitrogens with zero attached hydrogens (tertiary/aromatic N) is 2. The lowest BCUT2D eigenvalue weighted by atomic mass is 10.2. The summed E-state index contributed by atoms with van der Waals surface area (Å²) in [7, 11) is 1.66. The second-order valence-corrected chi connectivity index (χ2v) is 5.75. The fraction of sp³-hybridized carbons (Fsp3) is 0.600. The Bertz CT molecular complexity index is 491. The lowest BCUT2D eigenvalue weighted by molar-refractivity contribution is -0.122. The zero-order valence-corrected chi connectivity index (χ0v) is 13.0. The van der Waals surface area contributed by atoms with Crippen LogP contribution in [-0.2, 0) is 9.53 Å². The Balaban J connectivity index is 2.74. The van der Waals surface area contributed by atoms with E-state index in [4.69, 9.17) is 4.74 Å². The van der Waals surface area contributed by atoms with Crippen molar-refractivity contribution in [1.29, 1.82) is 0 Å². The molecule has 0 saturated carbocycles. The van der Waals surface area contributed by atoms with Crippen molar-refractivity contribution in [3.63, 3.8) is 0 Å². The molecule has 0 radical (unpaired) electrons. The molecule has 0 N–H and O–H groups in total. The van der Waals surface area contributed by atoms with E-state index < -0.39 is 5.60 Å². The minimum Gasteiger partial charge on any atom is -0.444 e. The molecule has 5 nitrogen and oxygen atoms in total. The average molecular weight is 278 g/mol. The summed E-state index contributed by atoms with van der Waals surface area (Å²) in [5, 5.41) is 0. The van der Waals surface area contributed by atoms with E-state index in [0.717, 1.165) is 5.70 Å². The molecule has 0 aromatic carbocycles. The molecule has 0 aromatic rings. The summed E-state index contributed by atoms with van der Waals surface area (Å²) in [6.45, 7) is 9.33. The summed E-state index contributed by atoms with van der Waals surface area (Å²) in [5.74, 6) is 4.77. The van der Waals surface area contributed by atoms with Crippen LogP contribution in [-0.4, -0.2) is 47.0 Å². The van der Waals surface area contributed by atoms with Crippen molar-refractivity contribution in [1.82, 2.24) is 9.80 Å². The molecule has 1 rings (SSSR count). The van der Waals surface area contributed by atoms with Crippen LogP contribution in [0.5, 0.6) is 0 Å². The minimum absolute atomic E-state index is 0.107. The summed E-state index contributed by atoms with van der Waals surface area (Å²) in [6.07, 6.45) is 1.50. The zero-order chi connectivity index (χ0) is 15.5. The van der Waals surface area contributed by atoms with Gasteiger partial charge in [-0.15, -0.1) is 0 Å². The predicted octanol–water partition coefficient (Wildman–Crippen LogP) is 1.99. The second-order valence-electron chi connectivity index (χ2n) is 5.75. The van der Waals surface area contributed by atoms with Crippen LogP contribution in [0, 0.1) is 11.8 Å². The van der Waals surface area contributed by atoms with Crippen LogP contribution in [0.3, 0.4) is 0 Å². The van der Waals surface area contributed by atoms with E-state index >= 15 is 0 Å². The van der Waals surface area contributed by atoms with Crippen molar-refractivity contribution < 1.29 is 14.3 Å². The summed E-state index contributed by atoms with van der Waals surface area (Å²) in [6, 6.07) is -0.107. The van der Waals surface area contributed by atoms with Crippen molar-refractivity contribution in [2.75, 3.05) is 13.6 Å². The van der Waals surface area contributed by atoms with Crippen molar-refractivity contribution >= 4 is 12.0 Å². The molecule has 0 aromatic heterocycles. The predicted molar refractivity (Wildman–Crippen MR) is 76.7 cm³/mol. The van der Waals surface area contributed by atoms with Gasteiger partial charge in [0.25, 0.3) is 0 Å². The first-order valence-electron chi connectivity index (χ1n) is 6.56. The monoisotopic (exact) mass is 278 g/mol. The van der Waals surface area contributed by atoms with Gasteiger partial charge in [0.05, 0.1) is 12.6 Å². The summed E-state index contributed by atoms with van der Waals surface area (Å²) >= 11 is 0. The summed E-state index contributed by atoms with van der Waals surface area (Å²) in [5.41, 5.74) is 0.228. The normalized spacial score (nSPS) is 18.0. The van der Waals surface area contributed by atoms with Gasteiger partial charge in [-0.05, 0) is 46.6 Å². The van der Waals surface area contributed by atoms with Crippen LogP contribution < -0.4 is 0 Å². The molecule has 2 amide bonds. The first-order valence-corrected chi connectivity index (χ1v) is 6.56. The minimum atomic E-state index is -0.533. The maximum Gasteiger partial charge on any atom is 0.411 e. The molecular formula is C15H22N2O3. The molecule has 5 heteroatoms. The SMILES string of the molecule is CC#CC(=O)N(C)C1=CC(C)N(C(=O)OC(C)(C)C)C1. The van der Waals surface area contributed by atoms with Gasteiger partial charge in [-0.1, -0.05) is 5.92 Å². The van der Waals surface area contributed by atoms with E-state index in [0.29, 0.717) is 6.54 Å². The zero-order valence-electron chi connectivity index (χ0n) is 13.0. The van der Waals surface area contributed by atoms with Crippen molar-refractivity contribution in [3.05, 3.63) is 11.8 Å². The molecule has 110 valence electrons. The lowest BCUT2D eigenvalue weighted by Gasteiger charge is -2.27. The molecule has 1 aliphatic rings. The molecular weight excluding hydrogens is 256 g/mol. The molecule has 1 aliphatic heterocycles. The molecule has 1 unspecified atom stereocenters. The number of carbonyl (C=O) groups excluding carboxylic acids is 2. The van der Waals surface area contributed by atoms with Gasteiger partial charge in [-0.3, -0.25) is 9.69 Å². The van der Waals surface area contributed by atoms with E-state index in [1.54, 1.807) is 18.9 Å². The van der Waals surface area contributed by atoms with Gasteiger partial charge >= 0.3 is 12.0 Å². The number of ether oxygens (including phenoxy) is 1. The molecule has 0 bridgehead atoms. The molecule has 0 aliphatic carbocycles. The van der Waals surface area contributed by atoms with E-state index in [1.807, 2.05) is 33.8 Å². The maximum atomic E-state index is 12.1. The smallest absolute Gasteiger partial charge is 0.411 e. The number of hydrogen-bond acceptors (Lipinski definition) is 3. The number of rotatable bonds is 1. The second kappa shape index (κ2) is 6.00. The summed E-state index contributed by atoms with van der Waals surface area (Å²) < 4.78 is 5.35. The first kappa shape index (κ1) is 16.1. The molecule has 20 heavy (non-hydrogen) atoms. The Morgan fingerprint density at radius 1 is 1.45 bits per heavy atom. The van der Waals surface area contributed by atoms with E-state index in [-0.39, 0.29) is 18.0 Å². The largest absolute Gasteiger partial charge is 0.444 e. The molecule has 1 atom stereocenters. The highest BCUT2D eigenvalue weighted by atomic mass is 16.6. The van der Waals surface area contributed by atoms with E-state index in [9.17, 15) is 9.59 Å². The Labute approximate surface area is 120 Å². The Kier molecular flexibility index (Phi) is 4.83. The van der Waals surface area contributed by atoms with Crippen molar-refractivity contribution in [3.8, 4) is 11.8 Å². The highest BCUT2D eigenvalue weighted by molar-refractivity contribution is 5.94. The standard InChI is InChI=1S/C15H22N2O3/c1-7-8-13(18)16(6)12-9-11(2)17(10-12)14(19)20-15(3,4)5/h9,11H,10H2,1-6H3. The first-order chi connectivity index (χ1) is 9.15. The summed E-state index contributed by atoms with van der Waals surface area (Å²) in [4.78, 5) is 26.8. The molecule has 0 spiro atoms. The van der Waals surface area contributed by atoms with Crippen LogP contribution in [0.1, 0.15) is 34.6 Å². The highest BCUT2D eigenvalue weighted by Crippen LogP contribution is 2.21. The topological polar surface area (TPSA) is 49.9 Å². The number of carbonyl (C=O) groups is 2. The highest BCUT2D eigenvalue weighted by Gasteiger charge is 2.32. The quantitative estimate of drug-likeness (QED) is 0.689. The Hall–Kier alpha value is -1.96. The van der Waals surface area contributed by atoms with Crippen molar-refractivity contribution in [2.45, 2.75) is 46.3 Å². The average Bonchev–Trinajstić information content (AvgIpc) is 2.68. The van der Waals surface area contributed by atoms with Gasteiger partial charge in [0.1, 0.15) is 5.60 Å². The van der Waals surface area contributed by atoms with Crippen LogP contribution in [0.4, 0.5) is 4.79 Å². The third-order valence-corrected chi connectivity index (χ3v) is 2.85. The lowest BCUT2D eigenvalue weighted by Crippen LogP contribution is -2.40. The third kappa shape index (κ3) is 4.02. The fourth-order valence-corrected chi connectivity index (χ4v) is 1.83. The van der Waals surface area contributed by atoms with E-state index in [2.05, 4.69) is 11.8 Å². The molecule has 0 saturated heterocycles.